The largest absolute Gasteiger partial charge is 0.462 e. The summed E-state index contributed by atoms with van der Waals surface area (Å²) in [6, 6.07) is 0. The van der Waals surface area contributed by atoms with E-state index in [1.54, 1.807) is 0 Å². The number of esters is 1. The molecule has 2 aliphatic rings. The Labute approximate surface area is 137 Å². The monoisotopic (exact) mass is 308 g/mol. The van der Waals surface area contributed by atoms with Gasteiger partial charge in [-0.2, -0.15) is 0 Å². The topological polar surface area (TPSA) is 26.3 Å². The van der Waals surface area contributed by atoms with Crippen LogP contribution in [-0.2, 0) is 9.53 Å². The molecule has 0 amide bonds. The molecule has 2 saturated carbocycles. The number of hydrogen-bond donors (Lipinski definition) is 0. The molecule has 2 atom stereocenters. The second-order valence-electron chi connectivity index (χ2n) is 7.71. The van der Waals surface area contributed by atoms with Gasteiger partial charge in [0.1, 0.15) is 6.10 Å². The van der Waals surface area contributed by atoms with Crippen LogP contribution < -0.4 is 0 Å². The Morgan fingerprint density at radius 1 is 0.955 bits per heavy atom. The van der Waals surface area contributed by atoms with E-state index in [1.165, 1.54) is 51.4 Å². The van der Waals surface area contributed by atoms with E-state index in [1.807, 2.05) is 0 Å². The Kier molecular flexibility index (Phi) is 7.75. The van der Waals surface area contributed by atoms with Crippen molar-refractivity contribution in [1.82, 2.24) is 0 Å². The van der Waals surface area contributed by atoms with Crippen LogP contribution >= 0.6 is 0 Å². The molecule has 0 spiro atoms. The predicted octanol–water partition coefficient (Wildman–Crippen LogP) is 5.89. The molecule has 0 aromatic carbocycles. The van der Waals surface area contributed by atoms with Crippen LogP contribution in [-0.4, -0.2) is 12.1 Å². The van der Waals surface area contributed by atoms with E-state index < -0.39 is 0 Å². The Bertz CT molecular complexity index is 318. The van der Waals surface area contributed by atoms with Crippen LogP contribution in [0.4, 0.5) is 0 Å². The van der Waals surface area contributed by atoms with Crippen LogP contribution in [0.15, 0.2) is 0 Å². The van der Waals surface area contributed by atoms with E-state index in [0.717, 1.165) is 43.4 Å². The van der Waals surface area contributed by atoms with Crippen molar-refractivity contribution in [2.75, 3.05) is 0 Å². The highest BCUT2D eigenvalue weighted by molar-refractivity contribution is 5.69. The van der Waals surface area contributed by atoms with Crippen molar-refractivity contribution in [2.45, 2.75) is 103 Å². The highest BCUT2D eigenvalue weighted by atomic mass is 16.5. The molecule has 0 bridgehead atoms. The molecule has 22 heavy (non-hydrogen) atoms. The molecule has 0 aromatic heterocycles. The molecule has 2 nitrogen and oxygen atoms in total. The summed E-state index contributed by atoms with van der Waals surface area (Å²) in [5, 5.41) is 0. The smallest absolute Gasteiger partial charge is 0.306 e. The molecule has 0 saturated heterocycles. The van der Waals surface area contributed by atoms with Gasteiger partial charge in [-0.3, -0.25) is 4.79 Å². The van der Waals surface area contributed by atoms with Crippen LogP contribution in [0, 0.1) is 17.8 Å². The number of unbranched alkanes of at least 4 members (excludes halogenated alkanes) is 1. The maximum Gasteiger partial charge on any atom is 0.306 e. The van der Waals surface area contributed by atoms with E-state index in [4.69, 9.17) is 4.74 Å². The van der Waals surface area contributed by atoms with Gasteiger partial charge in [0, 0.05) is 6.42 Å². The summed E-state index contributed by atoms with van der Waals surface area (Å²) in [6.07, 6.45) is 16.2. The molecule has 2 heteroatoms. The zero-order chi connectivity index (χ0) is 15.8. The minimum atomic E-state index is 0.0409. The van der Waals surface area contributed by atoms with Crippen molar-refractivity contribution in [3.05, 3.63) is 0 Å². The number of hydrogen-bond acceptors (Lipinski definition) is 2. The molecular formula is C20H36O2. The first-order chi connectivity index (χ1) is 10.7. The van der Waals surface area contributed by atoms with Crippen LogP contribution in [0.3, 0.4) is 0 Å². The van der Waals surface area contributed by atoms with Crippen LogP contribution in [0.25, 0.3) is 0 Å². The summed E-state index contributed by atoms with van der Waals surface area (Å²) in [4.78, 5) is 11.8. The quantitative estimate of drug-likeness (QED) is 0.548. The summed E-state index contributed by atoms with van der Waals surface area (Å²) in [5.74, 6) is 2.76. The molecule has 2 aliphatic carbocycles. The molecule has 128 valence electrons. The Balaban J connectivity index is 1.73. The first kappa shape index (κ1) is 17.8. The second kappa shape index (κ2) is 9.57. The standard InChI is InChI=1S/C20H36O2/c1-3-5-10-20(21)22-19-9-6-8-18(15-19)17-13-11-16(7-4-2)12-14-17/h16-19H,3-15H2,1-2H3/t16?,17?,18-,19-/m1/s1. The number of carbonyl (C=O) groups excluding carboxylic acids is 1. The van der Waals surface area contributed by atoms with Crippen molar-refractivity contribution < 1.29 is 9.53 Å². The van der Waals surface area contributed by atoms with Gasteiger partial charge in [0.2, 0.25) is 0 Å². The maximum absolute atomic E-state index is 11.8. The molecule has 0 N–H and O–H groups in total. The third-order valence-electron chi connectivity index (χ3n) is 5.95. The lowest BCUT2D eigenvalue weighted by Crippen LogP contribution is -2.31. The predicted molar refractivity (Wildman–Crippen MR) is 91.7 cm³/mol. The second-order valence-corrected chi connectivity index (χ2v) is 7.71. The van der Waals surface area contributed by atoms with Gasteiger partial charge in [0.25, 0.3) is 0 Å². The van der Waals surface area contributed by atoms with Gasteiger partial charge in [-0.25, -0.2) is 0 Å². The van der Waals surface area contributed by atoms with Gasteiger partial charge in [0.05, 0.1) is 0 Å². The van der Waals surface area contributed by atoms with Crippen LogP contribution in [0.5, 0.6) is 0 Å². The minimum Gasteiger partial charge on any atom is -0.462 e. The van der Waals surface area contributed by atoms with Gasteiger partial charge < -0.3 is 4.74 Å². The number of rotatable bonds is 7. The van der Waals surface area contributed by atoms with Crippen molar-refractivity contribution in [2.24, 2.45) is 17.8 Å². The Hall–Kier alpha value is -0.530. The van der Waals surface area contributed by atoms with Gasteiger partial charge >= 0.3 is 5.97 Å². The summed E-state index contributed by atoms with van der Waals surface area (Å²) in [5.41, 5.74) is 0. The van der Waals surface area contributed by atoms with Gasteiger partial charge in [-0.1, -0.05) is 46.0 Å². The van der Waals surface area contributed by atoms with E-state index in [0.29, 0.717) is 6.42 Å². The Morgan fingerprint density at radius 2 is 1.73 bits per heavy atom. The summed E-state index contributed by atoms with van der Waals surface area (Å²) >= 11 is 0. The lowest BCUT2D eigenvalue weighted by atomic mass is 9.70. The zero-order valence-electron chi connectivity index (χ0n) is 14.8. The molecule has 2 fully saturated rings. The first-order valence-corrected chi connectivity index (χ1v) is 9.92. The fraction of sp³-hybridized carbons (Fsp3) is 0.950. The highest BCUT2D eigenvalue weighted by Crippen LogP contribution is 2.41. The highest BCUT2D eigenvalue weighted by Gasteiger charge is 2.32. The van der Waals surface area contributed by atoms with E-state index in [9.17, 15) is 4.79 Å². The fourth-order valence-electron chi connectivity index (χ4n) is 4.64. The van der Waals surface area contributed by atoms with Gasteiger partial charge in [-0.05, 0) is 62.7 Å². The minimum absolute atomic E-state index is 0.0409. The average molecular weight is 309 g/mol. The third kappa shape index (κ3) is 5.59. The number of ether oxygens (including phenoxy) is 1. The summed E-state index contributed by atoms with van der Waals surface area (Å²) in [6.45, 7) is 4.43. The SMILES string of the molecule is CCCCC(=O)O[C@@H]1CCC[C@@H](C2CCC(CCC)CC2)C1. The normalized spacial score (nSPS) is 32.6. The van der Waals surface area contributed by atoms with E-state index in [2.05, 4.69) is 13.8 Å². The van der Waals surface area contributed by atoms with Crippen LogP contribution in [0.1, 0.15) is 97.3 Å². The molecule has 0 heterocycles. The van der Waals surface area contributed by atoms with Crippen molar-refractivity contribution >= 4 is 5.97 Å². The fourth-order valence-corrected chi connectivity index (χ4v) is 4.64. The average Bonchev–Trinajstić information content (AvgIpc) is 2.54. The molecular weight excluding hydrogens is 272 g/mol. The Morgan fingerprint density at radius 3 is 2.41 bits per heavy atom. The molecule has 0 aromatic rings. The molecule has 2 rings (SSSR count). The lowest BCUT2D eigenvalue weighted by molar-refractivity contribution is -0.151. The molecule has 0 unspecified atom stereocenters. The van der Waals surface area contributed by atoms with Crippen molar-refractivity contribution in [3.8, 4) is 0 Å². The zero-order valence-corrected chi connectivity index (χ0v) is 14.8. The lowest BCUT2D eigenvalue weighted by Gasteiger charge is -2.38. The van der Waals surface area contributed by atoms with Gasteiger partial charge in [0.15, 0.2) is 0 Å². The van der Waals surface area contributed by atoms with E-state index in [-0.39, 0.29) is 12.1 Å². The summed E-state index contributed by atoms with van der Waals surface area (Å²) < 4.78 is 5.74. The van der Waals surface area contributed by atoms with Gasteiger partial charge in [-0.15, -0.1) is 0 Å². The van der Waals surface area contributed by atoms with Crippen LogP contribution in [0.2, 0.25) is 0 Å². The third-order valence-corrected chi connectivity index (χ3v) is 5.95. The maximum atomic E-state index is 11.8. The van der Waals surface area contributed by atoms with Crippen molar-refractivity contribution in [1.29, 1.82) is 0 Å². The first-order valence-electron chi connectivity index (χ1n) is 9.92. The van der Waals surface area contributed by atoms with Crippen molar-refractivity contribution in [3.63, 3.8) is 0 Å². The number of carbonyl (C=O) groups is 1. The molecule has 0 radical (unpaired) electrons. The summed E-state index contributed by atoms with van der Waals surface area (Å²) in [7, 11) is 0. The molecule has 0 aliphatic heterocycles. The van der Waals surface area contributed by atoms with E-state index >= 15 is 0 Å².